The number of amides is 2. The predicted molar refractivity (Wildman–Crippen MR) is 245 cm³/mol. The summed E-state index contributed by atoms with van der Waals surface area (Å²) in [6.07, 6.45) is 5.39. The number of unbranched alkanes of at least 4 members (excludes halogenated alkanes) is 3. The lowest BCUT2D eigenvalue weighted by atomic mass is 9.98. The fraction of sp³-hybridized carbons (Fsp3) is 0.429. The van der Waals surface area contributed by atoms with Gasteiger partial charge in [0, 0.05) is 37.7 Å². The first-order valence-corrected chi connectivity index (χ1v) is 22.5. The van der Waals surface area contributed by atoms with E-state index in [0.29, 0.717) is 70.4 Å². The first-order chi connectivity index (χ1) is 32.4. The third kappa shape index (κ3) is 20.4. The van der Waals surface area contributed by atoms with Gasteiger partial charge in [0.1, 0.15) is 31.9 Å². The van der Waals surface area contributed by atoms with Gasteiger partial charge in [-0.15, -0.1) is 0 Å². The monoisotopic (exact) mass is 929 g/mol. The second-order valence-corrected chi connectivity index (χ2v) is 16.0. The standard InChI is InChI=1S/C49H63N5O13/c55-32-41-31-53(26-14-12-24-43(47(61)62)52-49(64)67-35-38-20-8-3-9-21-38)30-40(29-50-25-13-10-23-42(46(59)60)51-48(63)66-34-37-18-6-2-7-19-37)54(41)27-15-11-22-39(45(57)58)28-44(56)65-33-36-16-4-1-5-17-36/h1-9,16-21,30-31,39,42-43,50,55H,10-15,22-29,32-35H2,(H,51,63)(H,52,64)(H,57,58)(H,59,60)(H,61,62)/t39-,42+,43+/m1/s1. The zero-order chi connectivity index (χ0) is 48.2. The predicted octanol–water partition coefficient (Wildman–Crippen LogP) is 5.97. The van der Waals surface area contributed by atoms with Crippen LogP contribution in [0.2, 0.25) is 0 Å². The summed E-state index contributed by atoms with van der Waals surface area (Å²) in [6, 6.07) is 24.9. The van der Waals surface area contributed by atoms with Crippen LogP contribution in [-0.4, -0.2) is 111 Å². The van der Waals surface area contributed by atoms with Crippen molar-refractivity contribution in [2.75, 3.05) is 32.8 Å². The number of carbonyl (C=O) groups is 6. The van der Waals surface area contributed by atoms with Crippen LogP contribution in [0.3, 0.4) is 0 Å². The van der Waals surface area contributed by atoms with Crippen LogP contribution < -0.4 is 16.0 Å². The maximum atomic E-state index is 12.5. The van der Waals surface area contributed by atoms with Crippen molar-refractivity contribution in [2.24, 2.45) is 5.92 Å². The van der Waals surface area contributed by atoms with Crippen LogP contribution in [-0.2, 0) is 53.2 Å². The van der Waals surface area contributed by atoms with Crippen molar-refractivity contribution in [3.05, 3.63) is 131 Å². The van der Waals surface area contributed by atoms with E-state index in [1.807, 2.05) is 58.5 Å². The van der Waals surface area contributed by atoms with Crippen molar-refractivity contribution < 1.29 is 63.4 Å². The van der Waals surface area contributed by atoms with E-state index in [1.54, 1.807) is 54.7 Å². The van der Waals surface area contributed by atoms with Crippen LogP contribution in [0.1, 0.15) is 80.9 Å². The number of hydrogen-bond donors (Lipinski definition) is 7. The molecule has 3 aromatic carbocycles. The number of aliphatic carboxylic acids is 3. The highest BCUT2D eigenvalue weighted by Crippen LogP contribution is 2.23. The van der Waals surface area contributed by atoms with E-state index in [2.05, 4.69) is 16.0 Å². The summed E-state index contributed by atoms with van der Waals surface area (Å²) in [4.78, 5) is 77.0. The maximum absolute atomic E-state index is 12.5. The zero-order valence-corrected chi connectivity index (χ0v) is 37.6. The van der Waals surface area contributed by atoms with Gasteiger partial charge >= 0.3 is 36.1 Å². The molecular formula is C49H63N5O13. The van der Waals surface area contributed by atoms with Gasteiger partial charge in [-0.1, -0.05) is 97.4 Å². The Labute approximate surface area is 390 Å². The number of carboxylic acid groups (broad SMARTS) is 3. The van der Waals surface area contributed by atoms with Gasteiger partial charge in [0.05, 0.1) is 24.6 Å². The average molecular weight is 930 g/mol. The summed E-state index contributed by atoms with van der Waals surface area (Å²) in [6.45, 7) is 1.47. The highest BCUT2D eigenvalue weighted by Gasteiger charge is 2.25. The molecule has 0 bridgehead atoms. The molecule has 18 heteroatoms. The van der Waals surface area contributed by atoms with Crippen molar-refractivity contribution in [3.63, 3.8) is 0 Å². The molecule has 0 spiro atoms. The minimum absolute atomic E-state index is 0.000511. The van der Waals surface area contributed by atoms with Gasteiger partial charge < -0.3 is 60.4 Å². The Bertz CT molecular complexity index is 2070. The molecule has 4 rings (SSSR count). The lowest BCUT2D eigenvalue weighted by Crippen LogP contribution is -2.41. The van der Waals surface area contributed by atoms with E-state index in [4.69, 9.17) is 14.2 Å². The van der Waals surface area contributed by atoms with Crippen LogP contribution >= 0.6 is 0 Å². The van der Waals surface area contributed by atoms with Crippen LogP contribution in [0.15, 0.2) is 115 Å². The number of aliphatic hydroxyl groups excluding tert-OH is 1. The van der Waals surface area contributed by atoms with Gasteiger partial charge in [0.15, 0.2) is 0 Å². The molecule has 3 atom stereocenters. The number of rotatable bonds is 31. The van der Waals surface area contributed by atoms with Gasteiger partial charge in [-0.3, -0.25) is 9.59 Å². The summed E-state index contributed by atoms with van der Waals surface area (Å²) in [5.41, 5.74) is 3.71. The molecular weight excluding hydrogens is 867 g/mol. The molecule has 0 fully saturated rings. The second-order valence-electron chi connectivity index (χ2n) is 16.0. The lowest BCUT2D eigenvalue weighted by Gasteiger charge is -2.36. The second kappa shape index (κ2) is 29.6. The van der Waals surface area contributed by atoms with E-state index < -0.39 is 54.1 Å². The molecule has 362 valence electrons. The number of alkyl carbamates (subject to hydrolysis) is 2. The Kier molecular flexibility index (Phi) is 23.3. The summed E-state index contributed by atoms with van der Waals surface area (Å²) in [7, 11) is 0. The molecule has 1 aliphatic rings. The average Bonchev–Trinajstić information content (AvgIpc) is 3.33. The SMILES string of the molecule is O=C(C[C@@H](CCCCN1C(CO)=CN(CCCC[C@H](NC(=O)OCc2ccccc2)C(=O)O)C=C1CNCCCC[C@H](NC(=O)OCc1ccccc1)C(=O)O)C(=O)O)OCc1ccccc1. The van der Waals surface area contributed by atoms with Crippen LogP contribution in [0.4, 0.5) is 9.59 Å². The molecule has 1 aliphatic heterocycles. The Morgan fingerprint density at radius 1 is 0.537 bits per heavy atom. The van der Waals surface area contributed by atoms with Crippen molar-refractivity contribution >= 4 is 36.1 Å². The van der Waals surface area contributed by atoms with Crippen LogP contribution in [0.25, 0.3) is 0 Å². The van der Waals surface area contributed by atoms with Gasteiger partial charge in [0.25, 0.3) is 0 Å². The highest BCUT2D eigenvalue weighted by molar-refractivity contribution is 5.80. The topological polar surface area (TPSA) is 254 Å². The third-order valence-electron chi connectivity index (χ3n) is 10.8. The zero-order valence-electron chi connectivity index (χ0n) is 37.6. The molecule has 0 aliphatic carbocycles. The lowest BCUT2D eigenvalue weighted by molar-refractivity contribution is -0.152. The van der Waals surface area contributed by atoms with Crippen LogP contribution in [0.5, 0.6) is 0 Å². The summed E-state index contributed by atoms with van der Waals surface area (Å²) >= 11 is 0. The fourth-order valence-electron chi connectivity index (χ4n) is 7.19. The minimum atomic E-state index is -1.19. The molecule has 18 nitrogen and oxygen atoms in total. The van der Waals surface area contributed by atoms with Crippen molar-refractivity contribution in [1.29, 1.82) is 0 Å². The molecule has 0 aromatic heterocycles. The number of hydrogen-bond acceptors (Lipinski definition) is 13. The van der Waals surface area contributed by atoms with E-state index in [-0.39, 0.29) is 52.1 Å². The smallest absolute Gasteiger partial charge is 0.408 e. The first-order valence-electron chi connectivity index (χ1n) is 22.5. The quantitative estimate of drug-likeness (QED) is 0.0223. The van der Waals surface area contributed by atoms with E-state index in [1.165, 1.54) is 0 Å². The Morgan fingerprint density at radius 2 is 1.00 bits per heavy atom. The van der Waals surface area contributed by atoms with Gasteiger partial charge in [-0.05, 0) is 74.6 Å². The van der Waals surface area contributed by atoms with Crippen molar-refractivity contribution in [1.82, 2.24) is 25.8 Å². The number of benzene rings is 3. The van der Waals surface area contributed by atoms with Gasteiger partial charge in [-0.2, -0.15) is 0 Å². The van der Waals surface area contributed by atoms with Gasteiger partial charge in [-0.25, -0.2) is 19.2 Å². The summed E-state index contributed by atoms with van der Waals surface area (Å²) in [5, 5.41) is 48.1. The fourth-order valence-corrected chi connectivity index (χ4v) is 7.19. The van der Waals surface area contributed by atoms with Gasteiger partial charge in [0.2, 0.25) is 0 Å². The normalized spacial score (nSPS) is 13.6. The maximum Gasteiger partial charge on any atom is 0.408 e. The number of nitrogens with zero attached hydrogens (tertiary/aromatic N) is 2. The van der Waals surface area contributed by atoms with E-state index >= 15 is 0 Å². The largest absolute Gasteiger partial charge is 0.481 e. The summed E-state index contributed by atoms with van der Waals surface area (Å²) in [5.74, 6) is -4.98. The number of nitrogens with one attached hydrogen (secondary N) is 3. The Balaban J connectivity index is 1.30. The molecule has 7 N–H and O–H groups in total. The molecule has 1 heterocycles. The van der Waals surface area contributed by atoms with E-state index in [0.717, 1.165) is 22.4 Å². The molecule has 3 aromatic rings. The Morgan fingerprint density at radius 3 is 1.49 bits per heavy atom. The molecule has 0 saturated heterocycles. The highest BCUT2D eigenvalue weighted by atomic mass is 16.6. The Hall–Kier alpha value is -6.92. The number of ether oxygens (including phenoxy) is 3. The first kappa shape index (κ1) is 52.7. The minimum Gasteiger partial charge on any atom is -0.481 e. The molecule has 0 saturated carbocycles. The third-order valence-corrected chi connectivity index (χ3v) is 10.8. The molecule has 0 radical (unpaired) electrons. The van der Waals surface area contributed by atoms with E-state index in [9.17, 15) is 49.2 Å². The number of aliphatic hydroxyl groups is 1. The molecule has 0 unspecified atom stereocenters. The molecule has 67 heavy (non-hydrogen) atoms. The van der Waals surface area contributed by atoms with Crippen LogP contribution in [0, 0.1) is 5.92 Å². The number of carbonyl (C=O) groups excluding carboxylic acids is 3. The molecule has 2 amide bonds. The number of esters is 1. The summed E-state index contributed by atoms with van der Waals surface area (Å²) < 4.78 is 15.7. The van der Waals surface area contributed by atoms with Crippen molar-refractivity contribution in [3.8, 4) is 0 Å². The van der Waals surface area contributed by atoms with Crippen molar-refractivity contribution in [2.45, 2.75) is 96.1 Å². The number of carboxylic acids is 3.